The monoisotopic (exact) mass is 165 g/mol. The Balaban J connectivity index is 3.23. The minimum absolute atomic E-state index is 0.164. The molecule has 0 N–H and O–H groups in total. The highest BCUT2D eigenvalue weighted by Gasteiger charge is 2.01. The summed E-state index contributed by atoms with van der Waals surface area (Å²) in [5.74, 6) is -0.164. The molecule has 0 saturated carbocycles. The van der Waals surface area contributed by atoms with Crippen molar-refractivity contribution in [1.29, 1.82) is 0 Å². The van der Waals surface area contributed by atoms with Crippen molar-refractivity contribution >= 4 is 11.9 Å². The van der Waals surface area contributed by atoms with Gasteiger partial charge in [0.2, 0.25) is 0 Å². The van der Waals surface area contributed by atoms with Gasteiger partial charge in [-0.25, -0.2) is 4.39 Å². The molecule has 0 bridgehead atoms. The Bertz CT molecular complexity index is 316. The van der Waals surface area contributed by atoms with Crippen molar-refractivity contribution in [3.8, 4) is 0 Å². The van der Waals surface area contributed by atoms with Gasteiger partial charge in [-0.05, 0) is 44.0 Å². The normalized spacial score (nSPS) is 11.0. The maximum atomic E-state index is 12.9. The summed E-state index contributed by atoms with van der Waals surface area (Å²) in [5, 5.41) is 0. The second-order valence-corrected chi connectivity index (χ2v) is 2.78. The Morgan fingerprint density at radius 2 is 1.92 bits per heavy atom. The summed E-state index contributed by atoms with van der Waals surface area (Å²) in [6, 6.07) is 3.27. The second-order valence-electron chi connectivity index (χ2n) is 2.78. The highest BCUT2D eigenvalue weighted by molar-refractivity contribution is 5.62. The smallest absolute Gasteiger partial charge is 0.126 e. The van der Waals surface area contributed by atoms with Crippen LogP contribution >= 0.6 is 0 Å². The van der Waals surface area contributed by atoms with Crippen molar-refractivity contribution < 1.29 is 4.39 Å². The SMILES string of the molecule is C/C=N\c1cc(C)c(F)cc1C. The van der Waals surface area contributed by atoms with Gasteiger partial charge in [0.05, 0.1) is 5.69 Å². The van der Waals surface area contributed by atoms with Crippen molar-refractivity contribution in [2.75, 3.05) is 0 Å². The Kier molecular flexibility index (Phi) is 2.58. The average molecular weight is 165 g/mol. The summed E-state index contributed by atoms with van der Waals surface area (Å²) in [6.45, 7) is 5.44. The third-order valence-electron chi connectivity index (χ3n) is 1.75. The molecule has 0 aliphatic rings. The first-order chi connectivity index (χ1) is 5.65. The maximum Gasteiger partial charge on any atom is 0.126 e. The van der Waals surface area contributed by atoms with Crippen LogP contribution in [-0.2, 0) is 0 Å². The van der Waals surface area contributed by atoms with E-state index in [-0.39, 0.29) is 5.82 Å². The van der Waals surface area contributed by atoms with E-state index >= 15 is 0 Å². The van der Waals surface area contributed by atoms with Gasteiger partial charge < -0.3 is 0 Å². The van der Waals surface area contributed by atoms with Crippen molar-refractivity contribution in [2.45, 2.75) is 20.8 Å². The fraction of sp³-hybridized carbons (Fsp3) is 0.300. The first-order valence-electron chi connectivity index (χ1n) is 3.90. The van der Waals surface area contributed by atoms with E-state index in [1.165, 1.54) is 6.07 Å². The molecule has 1 rings (SSSR count). The molecule has 0 aromatic heterocycles. The van der Waals surface area contributed by atoms with Crippen molar-refractivity contribution in [3.05, 3.63) is 29.1 Å². The molecule has 1 nitrogen and oxygen atoms in total. The van der Waals surface area contributed by atoms with Crippen molar-refractivity contribution in [2.24, 2.45) is 4.99 Å². The zero-order valence-electron chi connectivity index (χ0n) is 7.56. The largest absolute Gasteiger partial charge is 0.261 e. The topological polar surface area (TPSA) is 12.4 Å². The van der Waals surface area contributed by atoms with Crippen LogP contribution in [0.15, 0.2) is 17.1 Å². The van der Waals surface area contributed by atoms with Crippen LogP contribution in [0.4, 0.5) is 10.1 Å². The van der Waals surface area contributed by atoms with Crippen LogP contribution in [0.1, 0.15) is 18.1 Å². The molecule has 0 aliphatic heterocycles. The number of nitrogens with zero attached hydrogens (tertiary/aromatic N) is 1. The van der Waals surface area contributed by atoms with E-state index in [4.69, 9.17) is 0 Å². The lowest BCUT2D eigenvalue weighted by molar-refractivity contribution is 0.617. The molecule has 64 valence electrons. The van der Waals surface area contributed by atoms with E-state index in [2.05, 4.69) is 4.99 Å². The van der Waals surface area contributed by atoms with E-state index < -0.39 is 0 Å². The zero-order chi connectivity index (χ0) is 9.14. The van der Waals surface area contributed by atoms with E-state index in [9.17, 15) is 4.39 Å². The lowest BCUT2D eigenvalue weighted by atomic mass is 10.1. The predicted octanol–water partition coefficient (Wildman–Crippen LogP) is 3.16. The molecule has 12 heavy (non-hydrogen) atoms. The van der Waals surface area contributed by atoms with Crippen LogP contribution < -0.4 is 0 Å². The van der Waals surface area contributed by atoms with Crippen LogP contribution in [0.25, 0.3) is 0 Å². The molecule has 0 fully saturated rings. The molecule has 0 unspecified atom stereocenters. The zero-order valence-corrected chi connectivity index (χ0v) is 7.56. The van der Waals surface area contributed by atoms with Crippen molar-refractivity contribution in [3.63, 3.8) is 0 Å². The van der Waals surface area contributed by atoms with Gasteiger partial charge in [-0.2, -0.15) is 0 Å². The number of hydrogen-bond acceptors (Lipinski definition) is 1. The second kappa shape index (κ2) is 3.48. The lowest BCUT2D eigenvalue weighted by Gasteiger charge is -2.02. The summed E-state index contributed by atoms with van der Waals surface area (Å²) < 4.78 is 12.9. The van der Waals surface area contributed by atoms with Gasteiger partial charge in [0, 0.05) is 6.21 Å². The molecule has 1 aromatic carbocycles. The van der Waals surface area contributed by atoms with E-state index in [0.29, 0.717) is 5.56 Å². The number of rotatable bonds is 1. The fourth-order valence-corrected chi connectivity index (χ4v) is 1.04. The first kappa shape index (κ1) is 8.91. The molecule has 0 atom stereocenters. The molecular formula is C10H12FN. The van der Waals surface area contributed by atoms with Crippen LogP contribution in [0, 0.1) is 19.7 Å². The maximum absolute atomic E-state index is 12.9. The molecule has 2 heteroatoms. The summed E-state index contributed by atoms with van der Waals surface area (Å²) in [7, 11) is 0. The van der Waals surface area contributed by atoms with Crippen molar-refractivity contribution in [1.82, 2.24) is 0 Å². The average Bonchev–Trinajstić information content (AvgIpc) is 2.01. The minimum atomic E-state index is -0.164. The summed E-state index contributed by atoms with van der Waals surface area (Å²) in [6.07, 6.45) is 1.71. The standard InChI is InChI=1S/C10H12FN/c1-4-12-10-6-7(2)9(11)5-8(10)3/h4-6H,1-3H3/b12-4-. The molecule has 1 aromatic rings. The number of benzene rings is 1. The Morgan fingerprint density at radius 3 is 2.50 bits per heavy atom. The highest BCUT2D eigenvalue weighted by Crippen LogP contribution is 2.21. The minimum Gasteiger partial charge on any atom is -0.261 e. The summed E-state index contributed by atoms with van der Waals surface area (Å²) in [5.41, 5.74) is 2.36. The number of aliphatic imine (C=N–C) groups is 1. The Hall–Kier alpha value is -1.18. The molecule has 0 amide bonds. The lowest BCUT2D eigenvalue weighted by Crippen LogP contribution is -1.84. The number of hydrogen-bond donors (Lipinski definition) is 0. The van der Waals surface area contributed by atoms with Gasteiger partial charge in [-0.15, -0.1) is 0 Å². The van der Waals surface area contributed by atoms with E-state index in [0.717, 1.165) is 11.3 Å². The van der Waals surface area contributed by atoms with Gasteiger partial charge in [0.25, 0.3) is 0 Å². The van der Waals surface area contributed by atoms with Crippen LogP contribution in [0.3, 0.4) is 0 Å². The Morgan fingerprint density at radius 1 is 1.25 bits per heavy atom. The fourth-order valence-electron chi connectivity index (χ4n) is 1.04. The van der Waals surface area contributed by atoms with E-state index in [1.807, 2.05) is 13.8 Å². The third-order valence-corrected chi connectivity index (χ3v) is 1.75. The molecule has 0 radical (unpaired) electrons. The van der Waals surface area contributed by atoms with Crippen LogP contribution in [0.2, 0.25) is 0 Å². The molecule has 0 saturated heterocycles. The number of aryl methyl sites for hydroxylation is 2. The van der Waals surface area contributed by atoms with Gasteiger partial charge in [-0.3, -0.25) is 4.99 Å². The van der Waals surface area contributed by atoms with Gasteiger partial charge in [-0.1, -0.05) is 0 Å². The summed E-state index contributed by atoms with van der Waals surface area (Å²) >= 11 is 0. The van der Waals surface area contributed by atoms with Gasteiger partial charge >= 0.3 is 0 Å². The third kappa shape index (κ3) is 1.70. The molecule has 0 spiro atoms. The number of halogens is 1. The van der Waals surface area contributed by atoms with Gasteiger partial charge in [0.1, 0.15) is 5.82 Å². The quantitative estimate of drug-likeness (QED) is 0.567. The van der Waals surface area contributed by atoms with Crippen LogP contribution in [0.5, 0.6) is 0 Å². The molecule has 0 aliphatic carbocycles. The van der Waals surface area contributed by atoms with E-state index in [1.54, 1.807) is 19.2 Å². The predicted molar refractivity (Wildman–Crippen MR) is 49.7 cm³/mol. The van der Waals surface area contributed by atoms with Crippen LogP contribution in [-0.4, -0.2) is 6.21 Å². The Labute approximate surface area is 72.0 Å². The molecule has 0 heterocycles. The summed E-state index contributed by atoms with van der Waals surface area (Å²) in [4.78, 5) is 4.12. The highest BCUT2D eigenvalue weighted by atomic mass is 19.1. The molecular weight excluding hydrogens is 153 g/mol. The first-order valence-corrected chi connectivity index (χ1v) is 3.90. The van der Waals surface area contributed by atoms with Gasteiger partial charge in [0.15, 0.2) is 0 Å².